The van der Waals surface area contributed by atoms with Crippen molar-refractivity contribution in [3.05, 3.63) is 35.2 Å². The van der Waals surface area contributed by atoms with E-state index in [2.05, 4.69) is 20.2 Å². The molecule has 1 saturated heterocycles. The number of nitrogens with one attached hydrogen (secondary N) is 1. The minimum Gasteiger partial charge on any atom is -0.511 e. The molecule has 0 bridgehead atoms. The van der Waals surface area contributed by atoms with Crippen LogP contribution in [-0.2, 0) is 16.0 Å². The summed E-state index contributed by atoms with van der Waals surface area (Å²) in [5.41, 5.74) is 0.875. The molecule has 2 aliphatic rings. The number of rotatable bonds is 6. The smallest absolute Gasteiger partial charge is 0.328 e. The first kappa shape index (κ1) is 22.0. The van der Waals surface area contributed by atoms with E-state index in [9.17, 15) is 19.8 Å². The summed E-state index contributed by atoms with van der Waals surface area (Å²) in [5.74, 6) is -0.415. The Kier molecular flexibility index (Phi) is 6.55. The van der Waals surface area contributed by atoms with Crippen LogP contribution in [0.25, 0.3) is 0 Å². The average molecular weight is 415 g/mol. The van der Waals surface area contributed by atoms with Crippen molar-refractivity contribution in [3.63, 3.8) is 0 Å². The predicted molar refractivity (Wildman–Crippen MR) is 115 cm³/mol. The number of anilines is 1. The van der Waals surface area contributed by atoms with Crippen molar-refractivity contribution in [3.8, 4) is 0 Å². The number of piperazine rings is 1. The number of hydrogen-bond donors (Lipinski definition) is 3. The summed E-state index contributed by atoms with van der Waals surface area (Å²) in [6.07, 6.45) is 2.52. The number of carboxylic acid groups (broad SMARTS) is 1. The molecule has 162 valence electrons. The third-order valence-electron chi connectivity index (χ3n) is 5.53. The van der Waals surface area contributed by atoms with Crippen LogP contribution in [0.15, 0.2) is 34.7 Å². The molecule has 30 heavy (non-hydrogen) atoms. The van der Waals surface area contributed by atoms with Crippen molar-refractivity contribution < 1.29 is 19.8 Å². The number of aromatic nitrogens is 1. The van der Waals surface area contributed by atoms with Crippen LogP contribution in [0.4, 0.5) is 5.82 Å². The van der Waals surface area contributed by atoms with E-state index >= 15 is 0 Å². The number of ketones is 1. The minimum absolute atomic E-state index is 0.0105. The highest BCUT2D eigenvalue weighted by Crippen LogP contribution is 2.36. The number of aliphatic hydroxyl groups is 1. The Morgan fingerprint density at radius 1 is 1.30 bits per heavy atom. The zero-order chi connectivity index (χ0) is 21.9. The molecule has 1 fully saturated rings. The predicted octanol–water partition coefficient (Wildman–Crippen LogP) is 2.15. The van der Waals surface area contributed by atoms with Gasteiger partial charge in [-0.25, -0.2) is 9.78 Å². The standard InChI is InChI=1S/C22H30N4O4/c1-14(20-17(27)11-22(2,3)12-18(20)28)25-16(21(29)30)10-15-4-5-19(24-13-15)26-8-6-23-7-9-26/h4-5,13,16,23,27H,6-12H2,1-3H3,(H,29,30)/t16-/m0/s1. The molecule has 0 unspecified atom stereocenters. The number of pyridine rings is 1. The number of allylic oxidation sites excluding steroid dienone is 2. The molecule has 1 aromatic rings. The lowest BCUT2D eigenvalue weighted by Gasteiger charge is -2.29. The first-order valence-electron chi connectivity index (χ1n) is 10.3. The van der Waals surface area contributed by atoms with Gasteiger partial charge in [0.25, 0.3) is 0 Å². The van der Waals surface area contributed by atoms with Crippen LogP contribution in [0.1, 0.15) is 39.2 Å². The summed E-state index contributed by atoms with van der Waals surface area (Å²) in [6.45, 7) is 9.02. The molecule has 2 heterocycles. The molecule has 3 N–H and O–H groups in total. The second kappa shape index (κ2) is 8.95. The molecule has 1 aliphatic heterocycles. The van der Waals surface area contributed by atoms with Crippen LogP contribution in [0.2, 0.25) is 0 Å². The maximum atomic E-state index is 12.5. The van der Waals surface area contributed by atoms with E-state index < -0.39 is 12.0 Å². The molecule has 1 aromatic heterocycles. The number of carboxylic acids is 1. The van der Waals surface area contributed by atoms with Gasteiger partial charge in [0.15, 0.2) is 11.8 Å². The fraction of sp³-hybridized carbons (Fsp3) is 0.545. The van der Waals surface area contributed by atoms with Gasteiger partial charge in [0.05, 0.1) is 5.57 Å². The van der Waals surface area contributed by atoms with Crippen LogP contribution < -0.4 is 10.2 Å². The van der Waals surface area contributed by atoms with Gasteiger partial charge in [-0.05, 0) is 24.0 Å². The molecule has 3 rings (SSSR count). The van der Waals surface area contributed by atoms with E-state index in [1.807, 2.05) is 26.0 Å². The number of carbonyl (C=O) groups excluding carboxylic acids is 1. The fourth-order valence-corrected chi connectivity index (χ4v) is 4.03. The largest absolute Gasteiger partial charge is 0.511 e. The van der Waals surface area contributed by atoms with Crippen molar-refractivity contribution >= 4 is 23.3 Å². The van der Waals surface area contributed by atoms with Gasteiger partial charge in [-0.1, -0.05) is 19.9 Å². The van der Waals surface area contributed by atoms with E-state index in [0.29, 0.717) is 12.8 Å². The summed E-state index contributed by atoms with van der Waals surface area (Å²) in [6, 6.07) is 2.72. The molecule has 0 aromatic carbocycles. The Morgan fingerprint density at radius 3 is 2.57 bits per heavy atom. The third kappa shape index (κ3) is 5.24. The number of aliphatic carboxylic acids is 1. The van der Waals surface area contributed by atoms with Crippen LogP contribution in [0, 0.1) is 5.41 Å². The van der Waals surface area contributed by atoms with Crippen LogP contribution >= 0.6 is 0 Å². The first-order valence-corrected chi connectivity index (χ1v) is 10.3. The Morgan fingerprint density at radius 2 is 2.00 bits per heavy atom. The lowest BCUT2D eigenvalue weighted by Crippen LogP contribution is -2.43. The summed E-state index contributed by atoms with van der Waals surface area (Å²) in [7, 11) is 0. The van der Waals surface area contributed by atoms with Gasteiger partial charge < -0.3 is 20.4 Å². The molecule has 1 aliphatic carbocycles. The Labute approximate surface area is 176 Å². The molecular weight excluding hydrogens is 384 g/mol. The van der Waals surface area contributed by atoms with Crippen LogP contribution in [-0.4, -0.2) is 64.9 Å². The lowest BCUT2D eigenvalue weighted by atomic mass is 9.75. The Balaban J connectivity index is 1.76. The summed E-state index contributed by atoms with van der Waals surface area (Å²) >= 11 is 0. The van der Waals surface area contributed by atoms with Gasteiger partial charge in [0, 0.05) is 57.4 Å². The second-order valence-electron chi connectivity index (χ2n) is 8.80. The average Bonchev–Trinajstić information content (AvgIpc) is 2.67. The number of aliphatic hydroxyl groups excluding tert-OH is 1. The first-order chi connectivity index (χ1) is 14.2. The van der Waals surface area contributed by atoms with E-state index in [0.717, 1.165) is 37.6 Å². The van der Waals surface area contributed by atoms with Crippen molar-refractivity contribution in [2.45, 2.75) is 46.1 Å². The fourth-order valence-electron chi connectivity index (χ4n) is 4.03. The van der Waals surface area contributed by atoms with E-state index in [4.69, 9.17) is 0 Å². The highest BCUT2D eigenvalue weighted by Gasteiger charge is 2.34. The maximum absolute atomic E-state index is 12.5. The Bertz CT molecular complexity index is 868. The van der Waals surface area contributed by atoms with E-state index in [1.54, 1.807) is 13.1 Å². The zero-order valence-electron chi connectivity index (χ0n) is 17.8. The molecule has 8 heteroatoms. The van der Waals surface area contributed by atoms with Crippen molar-refractivity contribution in [1.82, 2.24) is 10.3 Å². The highest BCUT2D eigenvalue weighted by molar-refractivity contribution is 6.22. The summed E-state index contributed by atoms with van der Waals surface area (Å²) < 4.78 is 0. The molecule has 0 spiro atoms. The lowest BCUT2D eigenvalue weighted by molar-refractivity contribution is -0.138. The second-order valence-corrected chi connectivity index (χ2v) is 8.80. The molecular formula is C22H30N4O4. The number of Topliss-reactive ketones (excluding diaryl/α,β-unsaturated/α-hetero) is 1. The van der Waals surface area contributed by atoms with Gasteiger partial charge in [0.1, 0.15) is 11.6 Å². The molecule has 0 saturated carbocycles. The summed E-state index contributed by atoms with van der Waals surface area (Å²) in [5, 5.41) is 23.3. The van der Waals surface area contributed by atoms with Crippen molar-refractivity contribution in [2.24, 2.45) is 10.4 Å². The van der Waals surface area contributed by atoms with E-state index in [-0.39, 0.29) is 34.7 Å². The number of carbonyl (C=O) groups is 2. The number of aliphatic imine (C=N–C) groups is 1. The molecule has 1 atom stereocenters. The van der Waals surface area contributed by atoms with E-state index in [1.165, 1.54) is 0 Å². The normalized spacial score (nSPS) is 21.0. The minimum atomic E-state index is -1.08. The quantitative estimate of drug-likeness (QED) is 0.611. The number of nitrogens with zero attached hydrogens (tertiary/aromatic N) is 3. The van der Waals surface area contributed by atoms with Crippen molar-refractivity contribution in [1.29, 1.82) is 0 Å². The van der Waals surface area contributed by atoms with Gasteiger partial charge in [-0.3, -0.25) is 9.79 Å². The van der Waals surface area contributed by atoms with Gasteiger partial charge in [0.2, 0.25) is 0 Å². The highest BCUT2D eigenvalue weighted by atomic mass is 16.4. The Hall–Kier alpha value is -2.74. The maximum Gasteiger partial charge on any atom is 0.328 e. The van der Waals surface area contributed by atoms with Gasteiger partial charge in [-0.15, -0.1) is 0 Å². The molecule has 0 radical (unpaired) electrons. The zero-order valence-corrected chi connectivity index (χ0v) is 17.8. The topological polar surface area (TPSA) is 115 Å². The third-order valence-corrected chi connectivity index (χ3v) is 5.53. The molecule has 0 amide bonds. The SMILES string of the molecule is CC(=N[C@@H](Cc1ccc(N2CCNCC2)nc1)C(=O)O)C1=C(O)CC(C)(C)CC1=O. The van der Waals surface area contributed by atoms with Crippen LogP contribution in [0.3, 0.4) is 0 Å². The molecule has 8 nitrogen and oxygen atoms in total. The van der Waals surface area contributed by atoms with Gasteiger partial charge in [-0.2, -0.15) is 0 Å². The summed E-state index contributed by atoms with van der Waals surface area (Å²) in [4.78, 5) is 35.2. The van der Waals surface area contributed by atoms with Gasteiger partial charge >= 0.3 is 5.97 Å². The van der Waals surface area contributed by atoms with Crippen LogP contribution in [0.5, 0.6) is 0 Å². The monoisotopic (exact) mass is 414 g/mol. The number of hydrogen-bond acceptors (Lipinski definition) is 7. The van der Waals surface area contributed by atoms with Crippen molar-refractivity contribution in [2.75, 3.05) is 31.1 Å².